The number of aromatic nitrogens is 8. The second kappa shape index (κ2) is 32.8. The monoisotopic (exact) mass is 2180 g/mol. The maximum atomic E-state index is 13.2. The number of alkyl halides is 18. The molecular weight excluding hydrogens is 2130 g/mol. The Bertz CT molecular complexity index is 3510. The van der Waals surface area contributed by atoms with Gasteiger partial charge in [0.15, 0.2) is 5.82 Å². The first-order valence-electron chi connectivity index (χ1n) is 25.7. The number of benzene rings is 5. The number of carbonyl (C=O) groups is 3. The van der Waals surface area contributed by atoms with Crippen molar-refractivity contribution in [3.05, 3.63) is 167 Å². The van der Waals surface area contributed by atoms with Crippen molar-refractivity contribution >= 4 is 72.7 Å². The van der Waals surface area contributed by atoms with E-state index in [1.807, 2.05) is 48.5 Å². The Morgan fingerprint density at radius 3 is 1.20 bits per heavy atom. The van der Waals surface area contributed by atoms with Crippen molar-refractivity contribution in [2.45, 2.75) is 94.5 Å². The number of aryl methyl sites for hydroxylation is 4. The zero-order valence-corrected chi connectivity index (χ0v) is 61.5. The molecule has 0 radical (unpaired) electrons. The summed E-state index contributed by atoms with van der Waals surface area (Å²) in [5.41, 5.74) is -16.3. The predicted molar refractivity (Wildman–Crippen MR) is 304 cm³/mol. The molecular formula is C56H43At3F18I2N10O6. The second-order valence-corrected chi connectivity index (χ2v) is 26.9. The summed E-state index contributed by atoms with van der Waals surface area (Å²) in [4.78, 5) is 37.0. The third-order valence-electron chi connectivity index (χ3n) is 12.6. The Labute approximate surface area is 599 Å². The average Bonchev–Trinajstić information content (AvgIpc) is 1.01. The van der Waals surface area contributed by atoms with Crippen LogP contribution in [-0.2, 0) is 37.7 Å². The van der Waals surface area contributed by atoms with Crippen LogP contribution in [0.15, 0.2) is 115 Å². The molecule has 0 saturated carbocycles. The number of imide groups is 1. The van der Waals surface area contributed by atoms with Crippen LogP contribution in [0.1, 0.15) is 51.5 Å². The molecule has 2 aromatic heterocycles. The van der Waals surface area contributed by atoms with Gasteiger partial charge in [0.2, 0.25) is 5.82 Å². The van der Waals surface area contributed by atoms with Gasteiger partial charge < -0.3 is 5.11 Å². The third kappa shape index (κ3) is 20.8. The van der Waals surface area contributed by atoms with Crippen LogP contribution in [0.5, 0.6) is 0 Å². The van der Waals surface area contributed by atoms with Crippen LogP contribution in [-0.4, -0.2) is 134 Å². The number of amides is 3. The molecule has 3 amide bonds. The molecule has 3 heterocycles. The maximum absolute atomic E-state index is 13.2. The standard InChI is InChI=1S/C18H15AtF6N2O4.C10H7AtF6O.C10H7F6IO.C9H7AtN4.C9H7IN4/c1-26(13(28)6-7-27-14(29)4-5-15(27)30)9-10-2-3-12(19)11(8-10)16(31,17(20,21)22)18(23,24)25;1-5-2-3-7(11)6(4-5)8(18,9(12,13)14)10(15,16)17;1-5-2-3-7(17)6(4-5)8(18,9(11,12)13)10(14,15)16;2*1-6-11-13-9(14-12-6)7-2-4-8(10)5-3-7/h2-5,8,31H,6-7,9H2,1H3;2*2-4,18H,1H3;2*2-5H,1H3/i19+1;11+1;17-2;10+1;10-2. The van der Waals surface area contributed by atoms with E-state index in [0.29, 0.717) is 90.9 Å². The van der Waals surface area contributed by atoms with Crippen molar-refractivity contribution in [1.82, 2.24) is 50.6 Å². The third-order valence-corrected chi connectivity index (χ3v) is 17.8. The van der Waals surface area contributed by atoms with E-state index in [4.69, 9.17) is 0 Å². The predicted octanol–water partition coefficient (Wildman–Crippen LogP) is 10.1. The second-order valence-electron chi connectivity index (χ2n) is 19.6. The van der Waals surface area contributed by atoms with Crippen LogP contribution in [0.3, 0.4) is 0 Å². The number of hydrogen-bond donors (Lipinski definition) is 3. The van der Waals surface area contributed by atoms with Crippen molar-refractivity contribution in [2.75, 3.05) is 13.6 Å². The van der Waals surface area contributed by atoms with Gasteiger partial charge in [-0.3, -0.25) is 0 Å². The summed E-state index contributed by atoms with van der Waals surface area (Å²) < 4.78 is 232. The van der Waals surface area contributed by atoms with E-state index in [0.717, 1.165) is 51.3 Å². The van der Waals surface area contributed by atoms with Crippen molar-refractivity contribution in [1.29, 1.82) is 0 Å². The number of carbonyl (C=O) groups excluding carboxylic acids is 3. The van der Waals surface area contributed by atoms with Crippen LogP contribution in [0.4, 0.5) is 79.0 Å². The Balaban J connectivity index is 0.000000262. The molecule has 1 aliphatic heterocycles. The van der Waals surface area contributed by atoms with E-state index >= 15 is 0 Å². The molecule has 7 aromatic rings. The molecule has 0 unspecified atom stereocenters. The molecule has 0 aliphatic carbocycles. The van der Waals surface area contributed by atoms with Gasteiger partial charge in [0.25, 0.3) is 5.60 Å². The Morgan fingerprint density at radius 1 is 0.474 bits per heavy atom. The fourth-order valence-electron chi connectivity index (χ4n) is 7.58. The fraction of sp³-hybridized carbons (Fsp3) is 0.304. The van der Waals surface area contributed by atoms with Crippen molar-refractivity contribution in [3.8, 4) is 22.8 Å². The first-order chi connectivity index (χ1) is 43.4. The van der Waals surface area contributed by atoms with Crippen molar-refractivity contribution in [3.63, 3.8) is 0 Å². The minimum absolute atomic E-state index is 0.0760. The fourth-order valence-corrected chi connectivity index (χ4v) is 11.1. The van der Waals surface area contributed by atoms with Gasteiger partial charge in [-0.05, 0) is 77.2 Å². The van der Waals surface area contributed by atoms with Gasteiger partial charge in [0.05, 0.1) is 0 Å². The summed E-state index contributed by atoms with van der Waals surface area (Å²) >= 11 is 6.37. The van der Waals surface area contributed by atoms with Crippen LogP contribution < -0.4 is 9.81 Å². The molecule has 0 bridgehead atoms. The van der Waals surface area contributed by atoms with E-state index in [-0.39, 0.29) is 46.3 Å². The summed E-state index contributed by atoms with van der Waals surface area (Å²) in [5, 5.41) is 59.3. The molecule has 1 aliphatic rings. The topological polar surface area (TPSA) is 221 Å². The van der Waals surface area contributed by atoms with Crippen LogP contribution >= 0.6 is 45.2 Å². The molecule has 95 heavy (non-hydrogen) atoms. The van der Waals surface area contributed by atoms with Crippen LogP contribution in [0, 0.1) is 109 Å². The Hall–Kier alpha value is -4.94. The number of halogens is 20. The minimum atomic E-state index is -6.02. The number of aliphatic hydroxyl groups is 3. The Morgan fingerprint density at radius 2 is 0.811 bits per heavy atom. The van der Waals surface area contributed by atoms with E-state index < -0.39 is 88.3 Å². The zero-order chi connectivity index (χ0) is 72.4. The molecule has 0 spiro atoms. The normalized spacial score (nSPS) is 13.1. The van der Waals surface area contributed by atoms with Gasteiger partial charge in [-0.2, -0.15) is 26.3 Å². The van der Waals surface area contributed by atoms with Crippen LogP contribution in [0.2, 0.25) is 0 Å². The molecule has 5 aromatic carbocycles. The van der Waals surface area contributed by atoms with E-state index in [1.165, 1.54) is 68.5 Å². The van der Waals surface area contributed by atoms with Crippen molar-refractivity contribution in [2.24, 2.45) is 0 Å². The number of hydrogen-bond acceptors (Lipinski definition) is 14. The van der Waals surface area contributed by atoms with Gasteiger partial charge in [-0.15, -0.1) is 20.4 Å². The van der Waals surface area contributed by atoms with E-state index in [2.05, 4.69) is 63.4 Å². The van der Waals surface area contributed by atoms with Gasteiger partial charge in [0.1, 0.15) is 0 Å². The average molecular weight is 2180 g/mol. The quantitative estimate of drug-likeness (QED) is 0.0659. The molecule has 16 nitrogen and oxygen atoms in total. The molecule has 0 saturated heterocycles. The molecule has 3 N–H and O–H groups in total. The van der Waals surface area contributed by atoms with Gasteiger partial charge in [-0.25, -0.2) is 0 Å². The number of nitrogens with zero attached hydrogens (tertiary/aromatic N) is 10. The summed E-state index contributed by atoms with van der Waals surface area (Å²) in [6.07, 6.45) is -33.6. The Kier molecular flexibility index (Phi) is 28.5. The van der Waals surface area contributed by atoms with Crippen LogP contribution in [0.25, 0.3) is 22.8 Å². The molecule has 8 rings (SSSR count). The first kappa shape index (κ1) is 82.5. The van der Waals surface area contributed by atoms with E-state index in [9.17, 15) is 109 Å². The summed E-state index contributed by atoms with van der Waals surface area (Å²) in [5.74, 6) is 0.519. The SMILES string of the molecule is CN(Cc1ccc([211At])c(C(O)(C(F)(F)F)C(F)(F)F)c1)C(=O)CCN1C(=O)C=CC1=O.Cc1ccc([125I])c(C(O)(C(F)(F)F)C(F)(F)F)c1.Cc1ccc([211At])c(C(O)(C(F)(F)F)C(F)(F)F)c1.Cc1nnc(-c2ccc([125I])cc2)nn1.Cc1nnc(-c2ccc([211At])cc2)nn1. The number of rotatable bonds is 10. The summed E-state index contributed by atoms with van der Waals surface area (Å²) in [7, 11) is 1.26. The molecule has 514 valence electrons. The van der Waals surface area contributed by atoms with Gasteiger partial charge in [0, 0.05) is 18.3 Å². The molecule has 0 fully saturated rings. The summed E-state index contributed by atoms with van der Waals surface area (Å²) in [6.45, 7) is 5.63. The van der Waals surface area contributed by atoms with Gasteiger partial charge in [-0.1, -0.05) is 29.8 Å². The van der Waals surface area contributed by atoms with Gasteiger partial charge >= 0.3 is 410 Å². The molecule has 0 atom stereocenters. The van der Waals surface area contributed by atoms with E-state index in [1.54, 1.807) is 38.6 Å². The van der Waals surface area contributed by atoms with Crippen molar-refractivity contribution < 1.29 is 183 Å². The first-order valence-corrected chi connectivity index (χ1v) is 32.3. The zero-order valence-electron chi connectivity index (χ0n) is 48.3. The summed E-state index contributed by atoms with van der Waals surface area (Å²) in [6, 6.07) is 25.1. The molecule has 39 heteroatoms.